The molecule has 4 nitrogen and oxygen atoms in total. The molecule has 24 heavy (non-hydrogen) atoms. The first-order chi connectivity index (χ1) is 11.5. The predicted octanol–water partition coefficient (Wildman–Crippen LogP) is 2.97. The zero-order chi connectivity index (χ0) is 17.0. The average molecular weight is 349 g/mol. The van der Waals surface area contributed by atoms with Crippen LogP contribution in [0, 0.1) is 0 Å². The van der Waals surface area contributed by atoms with Gasteiger partial charge in [-0.15, -0.1) is 0 Å². The second-order valence-electron chi connectivity index (χ2n) is 7.30. The van der Waals surface area contributed by atoms with Crippen molar-refractivity contribution in [2.75, 3.05) is 12.3 Å². The van der Waals surface area contributed by atoms with E-state index in [4.69, 9.17) is 0 Å². The van der Waals surface area contributed by atoms with Crippen molar-refractivity contribution >= 4 is 15.7 Å². The first-order valence-electron chi connectivity index (χ1n) is 9.06. The van der Waals surface area contributed by atoms with Gasteiger partial charge in [-0.05, 0) is 31.2 Å². The van der Waals surface area contributed by atoms with Gasteiger partial charge >= 0.3 is 0 Å². The van der Waals surface area contributed by atoms with Crippen molar-refractivity contribution < 1.29 is 13.2 Å². The van der Waals surface area contributed by atoms with Crippen molar-refractivity contribution in [2.24, 2.45) is 0 Å². The summed E-state index contributed by atoms with van der Waals surface area (Å²) in [7, 11) is -3.11. The lowest BCUT2D eigenvalue weighted by molar-refractivity contribution is -0.121. The van der Waals surface area contributed by atoms with E-state index in [2.05, 4.69) is 17.4 Å². The topological polar surface area (TPSA) is 63.2 Å². The number of rotatable bonds is 7. The first-order valence-corrected chi connectivity index (χ1v) is 10.8. The Labute approximate surface area is 145 Å². The molecule has 2 saturated carbocycles. The van der Waals surface area contributed by atoms with Crippen LogP contribution in [0.1, 0.15) is 56.9 Å². The third-order valence-corrected chi connectivity index (χ3v) is 8.00. The first kappa shape index (κ1) is 17.5. The van der Waals surface area contributed by atoms with Crippen LogP contribution < -0.4 is 5.32 Å². The van der Waals surface area contributed by atoms with Gasteiger partial charge in [0.15, 0.2) is 9.84 Å². The highest BCUT2D eigenvalue weighted by Gasteiger charge is 2.38. The molecule has 1 aromatic carbocycles. The van der Waals surface area contributed by atoms with Crippen molar-refractivity contribution in [1.82, 2.24) is 5.32 Å². The normalized spacial score (nSPS) is 20.5. The number of carbonyl (C=O) groups excluding carboxylic acids is 1. The Morgan fingerprint density at radius 1 is 1.08 bits per heavy atom. The molecule has 0 radical (unpaired) electrons. The lowest BCUT2D eigenvalue weighted by Gasteiger charge is -2.42. The Kier molecular flexibility index (Phi) is 5.28. The minimum Gasteiger partial charge on any atom is -0.355 e. The van der Waals surface area contributed by atoms with Gasteiger partial charge in [0.2, 0.25) is 5.91 Å². The minimum atomic E-state index is -3.11. The molecule has 2 aliphatic carbocycles. The van der Waals surface area contributed by atoms with Crippen LogP contribution in [0.2, 0.25) is 0 Å². The zero-order valence-electron chi connectivity index (χ0n) is 14.2. The summed E-state index contributed by atoms with van der Waals surface area (Å²) < 4.78 is 24.5. The number of hydrogen-bond acceptors (Lipinski definition) is 3. The van der Waals surface area contributed by atoms with E-state index < -0.39 is 9.84 Å². The summed E-state index contributed by atoms with van der Waals surface area (Å²) in [6.45, 7) is 0.610. The van der Waals surface area contributed by atoms with Crippen LogP contribution in [-0.2, 0) is 20.0 Å². The number of nitrogens with one attached hydrogen (secondary N) is 1. The molecule has 0 spiro atoms. The highest BCUT2D eigenvalue weighted by atomic mass is 32.2. The molecule has 0 heterocycles. The second kappa shape index (κ2) is 7.26. The molecular weight excluding hydrogens is 322 g/mol. The number of hydrogen-bond donors (Lipinski definition) is 1. The lowest BCUT2D eigenvalue weighted by atomic mass is 9.64. The third-order valence-electron chi connectivity index (χ3n) is 5.74. The summed E-state index contributed by atoms with van der Waals surface area (Å²) in [5, 5.41) is 2.77. The molecule has 0 atom stereocenters. The van der Waals surface area contributed by atoms with E-state index in [-0.39, 0.29) is 28.7 Å². The maximum atomic E-state index is 12.2. The van der Waals surface area contributed by atoms with E-state index in [0.29, 0.717) is 6.54 Å². The number of carbonyl (C=O) groups is 1. The van der Waals surface area contributed by atoms with Gasteiger partial charge in [0.25, 0.3) is 0 Å². The van der Waals surface area contributed by atoms with E-state index >= 15 is 0 Å². The summed E-state index contributed by atoms with van der Waals surface area (Å²) in [6, 6.07) is 10.3. The highest BCUT2D eigenvalue weighted by Crippen LogP contribution is 2.43. The van der Waals surface area contributed by atoms with Gasteiger partial charge in [0, 0.05) is 18.4 Å². The maximum absolute atomic E-state index is 12.2. The predicted molar refractivity (Wildman–Crippen MR) is 95.6 cm³/mol. The third kappa shape index (κ3) is 3.82. The van der Waals surface area contributed by atoms with E-state index in [1.165, 1.54) is 12.0 Å². The Morgan fingerprint density at radius 2 is 1.75 bits per heavy atom. The van der Waals surface area contributed by atoms with E-state index in [1.54, 1.807) is 0 Å². The second-order valence-corrected chi connectivity index (χ2v) is 9.70. The summed E-state index contributed by atoms with van der Waals surface area (Å²) in [5.74, 6) is -0.152. The van der Waals surface area contributed by atoms with Gasteiger partial charge < -0.3 is 5.32 Å². The molecule has 0 aromatic heterocycles. The Hall–Kier alpha value is -1.36. The van der Waals surface area contributed by atoms with Crippen molar-refractivity contribution in [1.29, 1.82) is 0 Å². The minimum absolute atomic E-state index is 0.0121. The van der Waals surface area contributed by atoms with Gasteiger partial charge in [-0.2, -0.15) is 0 Å². The number of sulfone groups is 1. The molecule has 0 unspecified atom stereocenters. The molecule has 3 rings (SSSR count). The van der Waals surface area contributed by atoms with E-state index in [1.807, 2.05) is 18.2 Å². The SMILES string of the molecule is O=C(CCS(=O)(=O)C1CCCC1)NCC1(c2ccccc2)CCC1. The van der Waals surface area contributed by atoms with Gasteiger partial charge in [-0.25, -0.2) is 8.42 Å². The van der Waals surface area contributed by atoms with Crippen LogP contribution in [0.25, 0.3) is 0 Å². The largest absolute Gasteiger partial charge is 0.355 e. The van der Waals surface area contributed by atoms with Crippen molar-refractivity contribution in [3.05, 3.63) is 35.9 Å². The Bertz CT molecular complexity index is 659. The number of benzene rings is 1. The molecule has 0 bridgehead atoms. The van der Waals surface area contributed by atoms with Crippen LogP contribution in [-0.4, -0.2) is 31.9 Å². The van der Waals surface area contributed by atoms with Crippen molar-refractivity contribution in [2.45, 2.75) is 62.0 Å². The monoisotopic (exact) mass is 349 g/mol. The molecule has 132 valence electrons. The Balaban J connectivity index is 1.50. The average Bonchev–Trinajstić information content (AvgIpc) is 3.08. The molecule has 1 aromatic rings. The molecule has 1 amide bonds. The van der Waals surface area contributed by atoms with E-state index in [0.717, 1.165) is 38.5 Å². The van der Waals surface area contributed by atoms with Gasteiger partial charge in [-0.1, -0.05) is 49.6 Å². The standard InChI is InChI=1S/C19H27NO3S/c21-18(11-14-24(22,23)17-9-4-5-10-17)20-15-19(12-6-13-19)16-7-2-1-3-8-16/h1-3,7-8,17H,4-6,9-15H2,(H,20,21). The van der Waals surface area contributed by atoms with Gasteiger partial charge in [0.05, 0.1) is 11.0 Å². The Morgan fingerprint density at radius 3 is 2.33 bits per heavy atom. The molecule has 5 heteroatoms. The smallest absolute Gasteiger partial charge is 0.221 e. The van der Waals surface area contributed by atoms with Crippen LogP contribution in [0.5, 0.6) is 0 Å². The highest BCUT2D eigenvalue weighted by molar-refractivity contribution is 7.92. The maximum Gasteiger partial charge on any atom is 0.221 e. The lowest BCUT2D eigenvalue weighted by Crippen LogP contribution is -2.45. The molecule has 2 fully saturated rings. The summed E-state index contributed by atoms with van der Waals surface area (Å²) >= 11 is 0. The van der Waals surface area contributed by atoms with Crippen molar-refractivity contribution in [3.8, 4) is 0 Å². The molecule has 0 saturated heterocycles. The van der Waals surface area contributed by atoms with Gasteiger partial charge in [-0.3, -0.25) is 4.79 Å². The quantitative estimate of drug-likeness (QED) is 0.823. The molecule has 0 aliphatic heterocycles. The molecule has 2 aliphatic rings. The fourth-order valence-corrected chi connectivity index (χ4v) is 5.82. The van der Waals surface area contributed by atoms with E-state index in [9.17, 15) is 13.2 Å². The zero-order valence-corrected chi connectivity index (χ0v) is 15.0. The molecule has 1 N–H and O–H groups in total. The van der Waals surface area contributed by atoms with Crippen LogP contribution >= 0.6 is 0 Å². The summed E-state index contributed by atoms with van der Waals surface area (Å²) in [5.41, 5.74) is 1.32. The fraction of sp³-hybridized carbons (Fsp3) is 0.632. The fourth-order valence-electron chi connectivity index (χ4n) is 3.97. The van der Waals surface area contributed by atoms with Gasteiger partial charge in [0.1, 0.15) is 0 Å². The summed E-state index contributed by atoms with van der Waals surface area (Å²) in [6.07, 6.45) is 6.95. The van der Waals surface area contributed by atoms with Crippen LogP contribution in [0.3, 0.4) is 0 Å². The molecular formula is C19H27NO3S. The number of amides is 1. The van der Waals surface area contributed by atoms with Crippen LogP contribution in [0.4, 0.5) is 0 Å². The van der Waals surface area contributed by atoms with Crippen LogP contribution in [0.15, 0.2) is 30.3 Å². The van der Waals surface area contributed by atoms with Crippen molar-refractivity contribution in [3.63, 3.8) is 0 Å². The summed E-state index contributed by atoms with van der Waals surface area (Å²) in [4.78, 5) is 12.1.